The highest BCUT2D eigenvalue weighted by molar-refractivity contribution is 5.79. The fourth-order valence-corrected chi connectivity index (χ4v) is 2.60. The van der Waals surface area contributed by atoms with Crippen LogP contribution < -0.4 is 0 Å². The van der Waals surface area contributed by atoms with Crippen molar-refractivity contribution in [1.82, 2.24) is 4.90 Å². The van der Waals surface area contributed by atoms with Gasteiger partial charge in [0.15, 0.2) is 0 Å². The molecule has 1 aliphatic heterocycles. The summed E-state index contributed by atoms with van der Waals surface area (Å²) in [6, 6.07) is 0.147. The van der Waals surface area contributed by atoms with Gasteiger partial charge in [0, 0.05) is 13.0 Å². The van der Waals surface area contributed by atoms with Crippen molar-refractivity contribution in [3.8, 4) is 0 Å². The van der Waals surface area contributed by atoms with E-state index in [4.69, 9.17) is 10.2 Å². The average Bonchev–Trinajstić information content (AvgIpc) is 2.99. The number of rotatable bonds is 9. The molecule has 0 bridgehead atoms. The van der Waals surface area contributed by atoms with Gasteiger partial charge < -0.3 is 20.2 Å². The lowest BCUT2D eigenvalue weighted by molar-refractivity contribution is -0.136. The zero-order chi connectivity index (χ0) is 23.7. The number of hydrogen-bond acceptors (Lipinski definition) is 4. The molecule has 0 aromatic heterocycles. The minimum Gasteiger partial charge on any atom is -0.481 e. The molecule has 6 nitrogen and oxygen atoms in total. The number of carboxylic acids is 1. The van der Waals surface area contributed by atoms with Crippen LogP contribution in [-0.2, 0) is 9.59 Å². The van der Waals surface area contributed by atoms with Crippen molar-refractivity contribution in [3.05, 3.63) is 36.0 Å². The molecule has 0 saturated carbocycles. The summed E-state index contributed by atoms with van der Waals surface area (Å²) in [4.78, 5) is 23.1. The van der Waals surface area contributed by atoms with Crippen LogP contribution in [0.5, 0.6) is 0 Å². The van der Waals surface area contributed by atoms with Crippen LogP contribution in [0.3, 0.4) is 0 Å². The van der Waals surface area contributed by atoms with Gasteiger partial charge in [-0.1, -0.05) is 36.0 Å². The molecule has 1 fully saturated rings. The SMILES string of the molecule is C=C(C)CC(=O)O.CC=C(C)C.CCN1C(=O)CCC1/C=C/C(O)CCCC(C)O. The monoisotopic (exact) mass is 425 g/mol. The topological polar surface area (TPSA) is 98.1 Å². The molecule has 0 aliphatic carbocycles. The molecule has 1 amide bonds. The molecule has 0 spiro atoms. The maximum Gasteiger partial charge on any atom is 0.307 e. The molecule has 1 saturated heterocycles. The first-order valence-corrected chi connectivity index (χ1v) is 10.7. The highest BCUT2D eigenvalue weighted by atomic mass is 16.4. The zero-order valence-electron chi connectivity index (χ0n) is 19.7. The molecule has 1 aliphatic rings. The largest absolute Gasteiger partial charge is 0.481 e. The number of aliphatic carboxylic acids is 1. The number of hydrogen-bond donors (Lipinski definition) is 3. The van der Waals surface area contributed by atoms with Gasteiger partial charge >= 0.3 is 5.97 Å². The molecule has 174 valence electrons. The van der Waals surface area contributed by atoms with E-state index >= 15 is 0 Å². The van der Waals surface area contributed by atoms with Gasteiger partial charge in [0.1, 0.15) is 0 Å². The summed E-state index contributed by atoms with van der Waals surface area (Å²) in [7, 11) is 0. The lowest BCUT2D eigenvalue weighted by atomic mass is 10.1. The third-order valence-electron chi connectivity index (χ3n) is 4.42. The third kappa shape index (κ3) is 18.1. The predicted octanol–water partition coefficient (Wildman–Crippen LogP) is 4.48. The highest BCUT2D eigenvalue weighted by Gasteiger charge is 2.27. The molecular weight excluding hydrogens is 382 g/mol. The van der Waals surface area contributed by atoms with Crippen molar-refractivity contribution in [2.45, 2.75) is 98.3 Å². The number of likely N-dealkylation sites (tertiary alicyclic amines) is 1. The number of amides is 1. The van der Waals surface area contributed by atoms with E-state index in [0.717, 1.165) is 19.4 Å². The van der Waals surface area contributed by atoms with Gasteiger partial charge in [-0.15, -0.1) is 0 Å². The molecule has 1 heterocycles. The van der Waals surface area contributed by atoms with E-state index in [0.29, 0.717) is 24.8 Å². The minimum absolute atomic E-state index is 0.0833. The second kappa shape index (κ2) is 17.9. The second-order valence-electron chi connectivity index (χ2n) is 7.91. The number of aliphatic hydroxyl groups excluding tert-OH is 2. The summed E-state index contributed by atoms with van der Waals surface area (Å²) in [6.07, 6.45) is 8.77. The minimum atomic E-state index is -0.812. The molecule has 1 rings (SSSR count). The van der Waals surface area contributed by atoms with Gasteiger partial charge in [-0.2, -0.15) is 0 Å². The van der Waals surface area contributed by atoms with Crippen LogP contribution in [0.2, 0.25) is 0 Å². The molecule has 3 atom stereocenters. The standard InChI is InChI=1S/C14H25NO3.C5H8O2.C5H10/c1-3-15-12(8-10-14(15)18)7-9-13(17)6-4-5-11(2)16;1-4(2)3-5(6)7;1-4-5(2)3/h7,9,11-13,16-17H,3-6,8,10H2,1-2H3;1,3H2,2H3,(H,6,7);4H,1-3H3/b9-7+;;. The molecule has 0 aromatic carbocycles. The molecule has 3 unspecified atom stereocenters. The number of carbonyl (C=O) groups excluding carboxylic acids is 1. The first kappa shape index (κ1) is 30.3. The summed E-state index contributed by atoms with van der Waals surface area (Å²) in [5.74, 6) is -0.608. The van der Waals surface area contributed by atoms with E-state index in [2.05, 4.69) is 26.5 Å². The number of nitrogens with zero attached hydrogens (tertiary/aromatic N) is 1. The van der Waals surface area contributed by atoms with Gasteiger partial charge in [0.05, 0.1) is 24.7 Å². The van der Waals surface area contributed by atoms with Gasteiger partial charge in [-0.25, -0.2) is 0 Å². The predicted molar refractivity (Wildman–Crippen MR) is 123 cm³/mol. The number of aliphatic hydroxyl groups is 2. The van der Waals surface area contributed by atoms with Crippen LogP contribution >= 0.6 is 0 Å². The summed E-state index contributed by atoms with van der Waals surface area (Å²) in [5.41, 5.74) is 2.07. The molecule has 3 N–H and O–H groups in total. The lowest BCUT2D eigenvalue weighted by Gasteiger charge is -2.20. The van der Waals surface area contributed by atoms with E-state index in [-0.39, 0.29) is 24.5 Å². The molecule has 30 heavy (non-hydrogen) atoms. The molecule has 0 aromatic rings. The van der Waals surface area contributed by atoms with Crippen molar-refractivity contribution in [2.24, 2.45) is 0 Å². The van der Waals surface area contributed by atoms with Gasteiger partial charge in [0.2, 0.25) is 5.91 Å². The summed E-state index contributed by atoms with van der Waals surface area (Å²) >= 11 is 0. The Hall–Kier alpha value is -1.92. The quantitative estimate of drug-likeness (QED) is 0.473. The van der Waals surface area contributed by atoms with Crippen LogP contribution in [-0.4, -0.2) is 56.9 Å². The van der Waals surface area contributed by atoms with E-state index in [9.17, 15) is 14.7 Å². The zero-order valence-corrected chi connectivity index (χ0v) is 19.7. The van der Waals surface area contributed by atoms with Crippen molar-refractivity contribution < 1.29 is 24.9 Å². The Labute approximate surface area is 183 Å². The van der Waals surface area contributed by atoms with Crippen LogP contribution in [0, 0.1) is 0 Å². The Kier molecular flexibility index (Phi) is 18.1. The Morgan fingerprint density at radius 3 is 2.20 bits per heavy atom. The Bertz CT molecular complexity index is 550. The van der Waals surface area contributed by atoms with Crippen molar-refractivity contribution in [3.63, 3.8) is 0 Å². The Morgan fingerprint density at radius 2 is 1.83 bits per heavy atom. The lowest BCUT2D eigenvalue weighted by Crippen LogP contribution is -2.31. The van der Waals surface area contributed by atoms with Gasteiger partial charge in [-0.05, 0) is 67.2 Å². The fraction of sp³-hybridized carbons (Fsp3) is 0.667. The first-order valence-electron chi connectivity index (χ1n) is 10.7. The molecule has 6 heteroatoms. The average molecular weight is 426 g/mol. The highest BCUT2D eigenvalue weighted by Crippen LogP contribution is 2.19. The van der Waals surface area contributed by atoms with Crippen molar-refractivity contribution >= 4 is 11.9 Å². The summed E-state index contributed by atoms with van der Waals surface area (Å²) < 4.78 is 0. The second-order valence-corrected chi connectivity index (χ2v) is 7.91. The fourth-order valence-electron chi connectivity index (χ4n) is 2.60. The smallest absolute Gasteiger partial charge is 0.307 e. The summed E-state index contributed by atoms with van der Waals surface area (Å²) in [5, 5.41) is 26.9. The Morgan fingerprint density at radius 1 is 1.27 bits per heavy atom. The maximum absolute atomic E-state index is 11.5. The molecular formula is C24H43NO5. The van der Waals surface area contributed by atoms with Crippen molar-refractivity contribution in [1.29, 1.82) is 0 Å². The number of likely N-dealkylation sites (N-methyl/N-ethyl adjacent to an activating group) is 1. The molecule has 0 radical (unpaired) electrons. The van der Waals surface area contributed by atoms with Crippen LogP contribution in [0.1, 0.15) is 80.1 Å². The normalized spacial score (nSPS) is 17.4. The van der Waals surface area contributed by atoms with Crippen LogP contribution in [0.4, 0.5) is 0 Å². The van der Waals surface area contributed by atoms with E-state index in [1.807, 2.05) is 24.8 Å². The van der Waals surface area contributed by atoms with Gasteiger partial charge in [-0.3, -0.25) is 9.59 Å². The van der Waals surface area contributed by atoms with E-state index < -0.39 is 12.1 Å². The summed E-state index contributed by atoms with van der Waals surface area (Å²) in [6.45, 7) is 15.8. The number of carboxylic acid groups (broad SMARTS) is 1. The number of carbonyl (C=O) groups is 2. The van der Waals surface area contributed by atoms with Crippen LogP contribution in [0.25, 0.3) is 0 Å². The van der Waals surface area contributed by atoms with E-state index in [1.165, 1.54) is 5.57 Å². The third-order valence-corrected chi connectivity index (χ3v) is 4.42. The van der Waals surface area contributed by atoms with Crippen LogP contribution in [0.15, 0.2) is 36.0 Å². The first-order chi connectivity index (χ1) is 13.9. The Balaban J connectivity index is 0. The van der Waals surface area contributed by atoms with Gasteiger partial charge in [0.25, 0.3) is 0 Å². The maximum atomic E-state index is 11.5. The van der Waals surface area contributed by atoms with Crippen molar-refractivity contribution in [2.75, 3.05) is 6.54 Å². The number of allylic oxidation sites excluding steroid dienone is 2. The van der Waals surface area contributed by atoms with E-state index in [1.54, 1.807) is 19.9 Å².